The maximum absolute atomic E-state index is 13.2. The summed E-state index contributed by atoms with van der Waals surface area (Å²) in [6, 6.07) is 4.77. The molecule has 1 saturated heterocycles. The third kappa shape index (κ3) is 2.98. The van der Waals surface area contributed by atoms with Gasteiger partial charge in [-0.3, -0.25) is 19.2 Å². The number of carbonyl (C=O) groups excluding carboxylic acids is 4. The van der Waals surface area contributed by atoms with Gasteiger partial charge in [-0.05, 0) is 25.1 Å². The Balaban J connectivity index is 2.14. The molecule has 2 amide bonds. The Morgan fingerprint density at radius 3 is 2.29 bits per heavy atom. The van der Waals surface area contributed by atoms with Crippen LogP contribution in [-0.4, -0.2) is 42.7 Å². The Morgan fingerprint density at radius 2 is 1.75 bits per heavy atom. The van der Waals surface area contributed by atoms with Gasteiger partial charge in [-0.25, -0.2) is 4.90 Å². The summed E-state index contributed by atoms with van der Waals surface area (Å²) in [5.41, 5.74) is -1.42. The van der Waals surface area contributed by atoms with Crippen molar-refractivity contribution < 1.29 is 38.1 Å². The molecule has 0 aromatic heterocycles. The molecule has 0 radical (unpaired) electrons. The molecule has 0 aliphatic carbocycles. The van der Waals surface area contributed by atoms with Crippen LogP contribution >= 0.6 is 0 Å². The number of benzene rings is 1. The van der Waals surface area contributed by atoms with Crippen molar-refractivity contribution in [2.24, 2.45) is 0 Å². The molecule has 0 bridgehead atoms. The van der Waals surface area contributed by atoms with Gasteiger partial charge in [-0.15, -0.1) is 0 Å². The highest BCUT2D eigenvalue weighted by molar-refractivity contribution is 6.09. The zero-order chi connectivity index (χ0) is 20.6. The summed E-state index contributed by atoms with van der Waals surface area (Å²) in [5, 5.41) is 0. The predicted molar refractivity (Wildman–Crippen MR) is 92.9 cm³/mol. The summed E-state index contributed by atoms with van der Waals surface area (Å²) in [5.74, 6) is -2.73. The summed E-state index contributed by atoms with van der Waals surface area (Å²) >= 11 is 0. The highest BCUT2D eigenvalue weighted by Gasteiger charge is 2.54. The van der Waals surface area contributed by atoms with E-state index in [0.717, 1.165) is 11.8 Å². The molecule has 148 valence electrons. The molecule has 1 atom stereocenters. The number of ketones is 1. The minimum absolute atomic E-state index is 0.0214. The number of esters is 1. The van der Waals surface area contributed by atoms with Crippen molar-refractivity contribution in [3.05, 3.63) is 35.4 Å². The molecule has 1 aromatic carbocycles. The number of likely N-dealkylation sites (tertiary alicyclic amines) is 1. The van der Waals surface area contributed by atoms with Gasteiger partial charge in [0.25, 0.3) is 11.7 Å². The van der Waals surface area contributed by atoms with E-state index in [4.69, 9.17) is 18.9 Å². The largest absolute Gasteiger partial charge is 0.497 e. The lowest BCUT2D eigenvalue weighted by Crippen LogP contribution is -2.34. The van der Waals surface area contributed by atoms with E-state index in [1.165, 1.54) is 21.1 Å². The monoisotopic (exact) mass is 389 g/mol. The summed E-state index contributed by atoms with van der Waals surface area (Å²) in [7, 11) is 2.88. The Labute approximate surface area is 160 Å². The van der Waals surface area contributed by atoms with Crippen molar-refractivity contribution in [1.29, 1.82) is 0 Å². The Kier molecular flexibility index (Phi) is 4.84. The molecule has 3 rings (SSSR count). The molecule has 1 fully saturated rings. The lowest BCUT2D eigenvalue weighted by Gasteiger charge is -2.27. The first-order valence-corrected chi connectivity index (χ1v) is 8.47. The van der Waals surface area contributed by atoms with Gasteiger partial charge in [0.1, 0.15) is 11.5 Å². The van der Waals surface area contributed by atoms with Crippen LogP contribution in [0.15, 0.2) is 29.8 Å². The highest BCUT2D eigenvalue weighted by Crippen LogP contribution is 2.45. The molecule has 2 heterocycles. The zero-order valence-electron chi connectivity index (χ0n) is 15.9. The molecule has 0 saturated carbocycles. The van der Waals surface area contributed by atoms with Gasteiger partial charge in [0.05, 0.1) is 14.2 Å². The number of hydrogen-bond acceptors (Lipinski definition) is 8. The number of rotatable bonds is 5. The van der Waals surface area contributed by atoms with Gasteiger partial charge >= 0.3 is 5.97 Å². The maximum atomic E-state index is 13.2. The Bertz CT molecular complexity index is 903. The Morgan fingerprint density at radius 1 is 1.11 bits per heavy atom. The number of imide groups is 1. The molecule has 28 heavy (non-hydrogen) atoms. The number of Topliss-reactive ketones (excluding diaryl/α,β-unsaturated/α-hetero) is 1. The highest BCUT2D eigenvalue weighted by atomic mass is 16.6. The molecule has 0 N–H and O–H groups in total. The van der Waals surface area contributed by atoms with Gasteiger partial charge in [-0.1, -0.05) is 0 Å². The summed E-state index contributed by atoms with van der Waals surface area (Å²) in [6.45, 7) is 2.54. The van der Waals surface area contributed by atoms with Crippen molar-refractivity contribution in [3.8, 4) is 11.5 Å². The number of methoxy groups -OCH3 is 2. The van der Waals surface area contributed by atoms with E-state index >= 15 is 0 Å². The van der Waals surface area contributed by atoms with Crippen molar-refractivity contribution in [2.75, 3.05) is 14.2 Å². The number of ether oxygens (including phenoxy) is 4. The summed E-state index contributed by atoms with van der Waals surface area (Å²) in [4.78, 5) is 49.8. The van der Waals surface area contributed by atoms with E-state index in [9.17, 15) is 19.2 Å². The van der Waals surface area contributed by atoms with E-state index in [1.807, 2.05) is 0 Å². The quantitative estimate of drug-likeness (QED) is 0.549. The third-order valence-corrected chi connectivity index (χ3v) is 4.56. The Hall–Kier alpha value is -3.36. The van der Waals surface area contributed by atoms with E-state index < -0.39 is 34.9 Å². The zero-order valence-corrected chi connectivity index (χ0v) is 15.9. The second-order valence-electron chi connectivity index (χ2n) is 6.38. The maximum Gasteiger partial charge on any atom is 0.308 e. The minimum atomic E-state index is -1.71. The molecular formula is C19H19NO8. The lowest BCUT2D eigenvalue weighted by molar-refractivity contribution is -0.144. The van der Waals surface area contributed by atoms with Crippen LogP contribution in [0.5, 0.6) is 11.5 Å². The van der Waals surface area contributed by atoms with Crippen LogP contribution in [0.1, 0.15) is 32.3 Å². The predicted octanol–water partition coefficient (Wildman–Crippen LogP) is 1.40. The van der Waals surface area contributed by atoms with Gasteiger partial charge < -0.3 is 18.9 Å². The average Bonchev–Trinajstić information content (AvgIpc) is 3.12. The fraction of sp³-hybridized carbons (Fsp3) is 0.368. The minimum Gasteiger partial charge on any atom is -0.497 e. The van der Waals surface area contributed by atoms with Crippen molar-refractivity contribution in [2.45, 2.75) is 32.3 Å². The van der Waals surface area contributed by atoms with E-state index in [-0.39, 0.29) is 24.3 Å². The topological polar surface area (TPSA) is 108 Å². The van der Waals surface area contributed by atoms with Crippen LogP contribution in [-0.2, 0) is 34.3 Å². The number of carbonyl (C=O) groups is 4. The molecule has 2 aliphatic rings. The normalized spacial score (nSPS) is 21.9. The number of amides is 2. The van der Waals surface area contributed by atoms with Crippen LogP contribution in [0, 0.1) is 0 Å². The van der Waals surface area contributed by atoms with Gasteiger partial charge in [0, 0.05) is 25.3 Å². The van der Waals surface area contributed by atoms with Crippen LogP contribution in [0.25, 0.3) is 0 Å². The van der Waals surface area contributed by atoms with Gasteiger partial charge in [-0.2, -0.15) is 0 Å². The fourth-order valence-corrected chi connectivity index (χ4v) is 3.15. The molecule has 9 heteroatoms. The van der Waals surface area contributed by atoms with Crippen molar-refractivity contribution in [1.82, 2.24) is 4.90 Å². The van der Waals surface area contributed by atoms with Crippen LogP contribution in [0.4, 0.5) is 0 Å². The second kappa shape index (κ2) is 6.99. The SMILES string of the molecule is COc1ccc(OC)c(C2(C)OC(N3C(=O)CCC3=O)=C(OC(C)=O)C2=O)c1. The molecular weight excluding hydrogens is 370 g/mol. The first-order chi connectivity index (χ1) is 13.2. The number of nitrogens with zero attached hydrogens (tertiary/aromatic N) is 1. The second-order valence-corrected chi connectivity index (χ2v) is 6.38. The fourth-order valence-electron chi connectivity index (χ4n) is 3.15. The summed E-state index contributed by atoms with van der Waals surface area (Å²) < 4.78 is 21.4. The molecule has 1 aromatic rings. The molecule has 1 unspecified atom stereocenters. The van der Waals surface area contributed by atoms with Crippen LogP contribution in [0.2, 0.25) is 0 Å². The third-order valence-electron chi connectivity index (χ3n) is 4.56. The van der Waals surface area contributed by atoms with Crippen LogP contribution < -0.4 is 9.47 Å². The lowest BCUT2D eigenvalue weighted by atomic mass is 9.90. The first kappa shape index (κ1) is 19.4. The summed E-state index contributed by atoms with van der Waals surface area (Å²) in [6.07, 6.45) is -0.0428. The van der Waals surface area contributed by atoms with E-state index in [0.29, 0.717) is 11.5 Å². The average molecular weight is 389 g/mol. The molecule has 0 spiro atoms. The molecule has 9 nitrogen and oxygen atoms in total. The van der Waals surface area contributed by atoms with E-state index in [1.54, 1.807) is 18.2 Å². The standard InChI is InChI=1S/C19H19NO8/c1-10(21)27-16-17(24)19(2,12-9-11(25-3)5-6-13(12)26-4)28-18(16)20-14(22)7-8-15(20)23/h5-6,9H,7-8H2,1-4H3. The van der Waals surface area contributed by atoms with Gasteiger partial charge in [0.15, 0.2) is 0 Å². The molecule has 2 aliphatic heterocycles. The van der Waals surface area contributed by atoms with Crippen LogP contribution in [0.3, 0.4) is 0 Å². The smallest absolute Gasteiger partial charge is 0.308 e. The van der Waals surface area contributed by atoms with Gasteiger partial charge in [0.2, 0.25) is 23.2 Å². The number of hydrogen-bond donors (Lipinski definition) is 0. The van der Waals surface area contributed by atoms with Crippen molar-refractivity contribution >= 4 is 23.6 Å². The van der Waals surface area contributed by atoms with E-state index in [2.05, 4.69) is 0 Å². The van der Waals surface area contributed by atoms with Crippen molar-refractivity contribution in [3.63, 3.8) is 0 Å². The first-order valence-electron chi connectivity index (χ1n) is 8.47.